The van der Waals surface area contributed by atoms with Crippen LogP contribution in [0.15, 0.2) is 23.3 Å². The summed E-state index contributed by atoms with van der Waals surface area (Å²) in [5.41, 5.74) is 3.22. The number of fused-ring (bicyclic) bond motifs is 3. The Balaban J connectivity index is 1.63. The molecule has 2 saturated carbocycles. The molecule has 0 aliphatic heterocycles. The average molecular weight is 365 g/mol. The van der Waals surface area contributed by atoms with Gasteiger partial charge in [0.05, 0.1) is 11.7 Å². The van der Waals surface area contributed by atoms with E-state index in [2.05, 4.69) is 15.3 Å². The van der Waals surface area contributed by atoms with E-state index in [1.807, 2.05) is 16.8 Å². The minimum Gasteiger partial charge on any atom is -0.354 e. The molecule has 140 valence electrons. The van der Waals surface area contributed by atoms with Gasteiger partial charge >= 0.3 is 0 Å². The third kappa shape index (κ3) is 2.81. The van der Waals surface area contributed by atoms with Gasteiger partial charge in [-0.15, -0.1) is 0 Å². The number of hydrogen-bond donors (Lipinski definition) is 2. The molecule has 0 radical (unpaired) electrons. The topological polar surface area (TPSA) is 92.7 Å². The van der Waals surface area contributed by atoms with Gasteiger partial charge in [-0.2, -0.15) is 0 Å². The molecule has 5 rings (SSSR count). The smallest absolute Gasteiger partial charge is 0.273 e. The lowest BCUT2D eigenvalue weighted by atomic mass is 9.90. The summed E-state index contributed by atoms with van der Waals surface area (Å²) in [5, 5.41) is 3.96. The van der Waals surface area contributed by atoms with Crippen molar-refractivity contribution in [3.63, 3.8) is 0 Å². The number of H-pyrrole nitrogens is 1. The molecular weight excluding hydrogens is 342 g/mol. The van der Waals surface area contributed by atoms with Crippen molar-refractivity contribution in [2.75, 3.05) is 0 Å². The van der Waals surface area contributed by atoms with Crippen LogP contribution in [0.5, 0.6) is 0 Å². The van der Waals surface area contributed by atoms with Gasteiger partial charge in [0.15, 0.2) is 0 Å². The van der Waals surface area contributed by atoms with E-state index in [4.69, 9.17) is 4.98 Å². The predicted octanol–water partition coefficient (Wildman–Crippen LogP) is 2.77. The van der Waals surface area contributed by atoms with Gasteiger partial charge in [-0.05, 0) is 44.6 Å². The van der Waals surface area contributed by atoms with Crippen molar-refractivity contribution in [1.82, 2.24) is 24.8 Å². The molecule has 3 heterocycles. The first-order chi connectivity index (χ1) is 13.1. The predicted molar refractivity (Wildman–Crippen MR) is 103 cm³/mol. The lowest BCUT2D eigenvalue weighted by Crippen LogP contribution is -2.38. The normalized spacial score (nSPS) is 23.0. The Hall–Kier alpha value is -2.70. The number of nitrogens with one attached hydrogen (secondary N) is 2. The van der Waals surface area contributed by atoms with Crippen LogP contribution in [0.3, 0.4) is 0 Å². The highest BCUT2D eigenvalue weighted by atomic mass is 16.1. The van der Waals surface area contributed by atoms with Gasteiger partial charge in [-0.25, -0.2) is 9.97 Å². The Kier molecular flexibility index (Phi) is 3.77. The van der Waals surface area contributed by atoms with Crippen molar-refractivity contribution in [3.8, 4) is 0 Å². The van der Waals surface area contributed by atoms with Gasteiger partial charge in [-0.1, -0.05) is 0 Å². The maximum absolute atomic E-state index is 13.4. The largest absolute Gasteiger partial charge is 0.354 e. The minimum atomic E-state index is 0.0149. The summed E-state index contributed by atoms with van der Waals surface area (Å²) in [7, 11) is 0. The van der Waals surface area contributed by atoms with Crippen LogP contribution >= 0.6 is 0 Å². The second kappa shape index (κ2) is 6.18. The molecule has 0 spiro atoms. The van der Waals surface area contributed by atoms with E-state index in [1.54, 1.807) is 13.1 Å². The van der Waals surface area contributed by atoms with Crippen LogP contribution in [-0.4, -0.2) is 31.5 Å². The second-order valence-corrected chi connectivity index (χ2v) is 7.88. The molecule has 7 nitrogen and oxygen atoms in total. The van der Waals surface area contributed by atoms with Crippen LogP contribution < -0.4 is 10.9 Å². The second-order valence-electron chi connectivity index (χ2n) is 7.88. The quantitative estimate of drug-likeness (QED) is 0.746. The summed E-state index contributed by atoms with van der Waals surface area (Å²) < 4.78 is 1.98. The fourth-order valence-electron chi connectivity index (χ4n) is 4.46. The molecule has 2 fully saturated rings. The van der Waals surface area contributed by atoms with Crippen LogP contribution in [0, 0.1) is 0 Å². The molecule has 7 heteroatoms. The highest BCUT2D eigenvalue weighted by Gasteiger charge is 2.32. The van der Waals surface area contributed by atoms with Gasteiger partial charge in [0, 0.05) is 36.5 Å². The minimum absolute atomic E-state index is 0.0149. The fourth-order valence-corrected chi connectivity index (χ4v) is 4.46. The summed E-state index contributed by atoms with van der Waals surface area (Å²) >= 11 is 0. The van der Waals surface area contributed by atoms with Gasteiger partial charge in [0.25, 0.3) is 5.56 Å². The number of carbonyl (C=O) groups excluding carboxylic acids is 1. The summed E-state index contributed by atoms with van der Waals surface area (Å²) in [4.78, 5) is 37.1. The van der Waals surface area contributed by atoms with E-state index in [9.17, 15) is 9.59 Å². The maximum atomic E-state index is 13.4. The zero-order valence-electron chi connectivity index (χ0n) is 15.4. The number of hydrogen-bond acceptors (Lipinski definition) is 4. The van der Waals surface area contributed by atoms with E-state index in [0.29, 0.717) is 11.6 Å². The van der Waals surface area contributed by atoms with Crippen molar-refractivity contribution in [1.29, 1.82) is 0 Å². The molecule has 0 bridgehead atoms. The van der Waals surface area contributed by atoms with E-state index in [0.717, 1.165) is 60.6 Å². The number of amides is 1. The first kappa shape index (κ1) is 16.5. The number of aromatic nitrogens is 4. The molecule has 27 heavy (non-hydrogen) atoms. The number of nitrogens with zero attached hydrogens (tertiary/aromatic N) is 3. The van der Waals surface area contributed by atoms with E-state index in [-0.39, 0.29) is 23.6 Å². The molecule has 2 aliphatic rings. The molecule has 0 aromatic carbocycles. The average Bonchev–Trinajstić information content (AvgIpc) is 3.38. The van der Waals surface area contributed by atoms with Crippen LogP contribution in [0.4, 0.5) is 0 Å². The number of aromatic amines is 1. The van der Waals surface area contributed by atoms with Crippen LogP contribution in [-0.2, 0) is 4.79 Å². The highest BCUT2D eigenvalue weighted by molar-refractivity contribution is 6.00. The fraction of sp³-hybridized carbons (Fsp3) is 0.500. The summed E-state index contributed by atoms with van der Waals surface area (Å²) in [6, 6.07) is 2.31. The van der Waals surface area contributed by atoms with Gasteiger partial charge < -0.3 is 14.9 Å². The lowest BCUT2D eigenvalue weighted by Gasteiger charge is -2.31. The Labute approximate surface area is 156 Å². The SMILES string of the molecule is CC(=O)NC1CCC(n2c(=O)c(C3CC3)nc3cnc4[nH]ccc4c32)CC1. The lowest BCUT2D eigenvalue weighted by molar-refractivity contribution is -0.119. The van der Waals surface area contributed by atoms with Crippen LogP contribution in [0.25, 0.3) is 22.1 Å². The molecule has 1 amide bonds. The molecule has 2 N–H and O–H groups in total. The molecule has 3 aromatic rings. The molecule has 2 aliphatic carbocycles. The number of carbonyl (C=O) groups is 1. The van der Waals surface area contributed by atoms with Crippen LogP contribution in [0.1, 0.15) is 63.1 Å². The number of rotatable bonds is 3. The summed E-state index contributed by atoms with van der Waals surface area (Å²) in [6.45, 7) is 1.56. The van der Waals surface area contributed by atoms with Crippen molar-refractivity contribution < 1.29 is 4.79 Å². The third-order valence-corrected chi connectivity index (χ3v) is 5.89. The van der Waals surface area contributed by atoms with Crippen molar-refractivity contribution >= 4 is 28.0 Å². The van der Waals surface area contributed by atoms with Crippen LogP contribution in [0.2, 0.25) is 0 Å². The number of pyridine rings is 1. The van der Waals surface area contributed by atoms with Crippen molar-refractivity contribution in [2.24, 2.45) is 0 Å². The Morgan fingerprint density at radius 2 is 2.00 bits per heavy atom. The van der Waals surface area contributed by atoms with Gasteiger partial charge in [0.1, 0.15) is 16.9 Å². The highest BCUT2D eigenvalue weighted by Crippen LogP contribution is 2.39. The van der Waals surface area contributed by atoms with Gasteiger partial charge in [0.2, 0.25) is 5.91 Å². The Morgan fingerprint density at radius 3 is 2.70 bits per heavy atom. The first-order valence-electron chi connectivity index (χ1n) is 9.77. The Bertz CT molecular complexity index is 1090. The van der Waals surface area contributed by atoms with Gasteiger partial charge in [-0.3, -0.25) is 9.59 Å². The van der Waals surface area contributed by atoms with E-state index in [1.165, 1.54) is 0 Å². The zero-order chi connectivity index (χ0) is 18.5. The third-order valence-electron chi connectivity index (χ3n) is 5.89. The van der Waals surface area contributed by atoms with Crippen molar-refractivity contribution in [3.05, 3.63) is 34.5 Å². The standard InChI is InChI=1S/C20H23N5O2/c1-11(26)23-13-4-6-14(7-5-13)25-18-15-8-9-21-19(15)22-10-16(18)24-17(20(25)27)12-2-3-12/h8-10,12-14H,2-7H2,1H3,(H,21,22)(H,23,26). The van der Waals surface area contributed by atoms with E-state index < -0.39 is 0 Å². The molecule has 0 saturated heterocycles. The van der Waals surface area contributed by atoms with Crippen molar-refractivity contribution in [2.45, 2.75) is 63.5 Å². The summed E-state index contributed by atoms with van der Waals surface area (Å²) in [5.74, 6) is 0.312. The summed E-state index contributed by atoms with van der Waals surface area (Å²) in [6.07, 6.45) is 9.25. The maximum Gasteiger partial charge on any atom is 0.273 e. The molecule has 0 unspecified atom stereocenters. The first-order valence-corrected chi connectivity index (χ1v) is 9.77. The monoisotopic (exact) mass is 365 g/mol. The molecule has 0 atom stereocenters. The van der Waals surface area contributed by atoms with E-state index >= 15 is 0 Å². The Morgan fingerprint density at radius 1 is 1.22 bits per heavy atom. The molecular formula is C20H23N5O2. The zero-order valence-corrected chi connectivity index (χ0v) is 15.4. The molecule has 3 aromatic heterocycles.